The number of ether oxygens (including phenoxy) is 2. The lowest BCUT2D eigenvalue weighted by atomic mass is 9.66. The topological polar surface area (TPSA) is 52.6 Å². The highest BCUT2D eigenvalue weighted by atomic mass is 16.6. The molecule has 5 atom stereocenters. The van der Waals surface area contributed by atoms with E-state index >= 15 is 0 Å². The zero-order valence-corrected chi connectivity index (χ0v) is 17.0. The highest BCUT2D eigenvalue weighted by Gasteiger charge is 2.76. The van der Waals surface area contributed by atoms with Gasteiger partial charge in [-0.25, -0.2) is 4.79 Å². The Kier molecular flexibility index (Phi) is 3.83. The highest BCUT2D eigenvalue weighted by Crippen LogP contribution is 2.67. The highest BCUT2D eigenvalue weighted by molar-refractivity contribution is 5.93. The molecular weight excluding hydrogens is 340 g/mol. The van der Waals surface area contributed by atoms with Crippen molar-refractivity contribution in [2.75, 3.05) is 0 Å². The van der Waals surface area contributed by atoms with Crippen LogP contribution >= 0.6 is 0 Å². The Morgan fingerprint density at radius 2 is 1.85 bits per heavy atom. The Morgan fingerprint density at radius 1 is 1.19 bits per heavy atom. The van der Waals surface area contributed by atoms with Gasteiger partial charge in [-0.05, 0) is 44.1 Å². The second kappa shape index (κ2) is 5.59. The van der Waals surface area contributed by atoms with Gasteiger partial charge in [0, 0.05) is 10.8 Å². The van der Waals surface area contributed by atoms with Gasteiger partial charge in [-0.1, -0.05) is 58.0 Å². The molecule has 2 bridgehead atoms. The van der Waals surface area contributed by atoms with Crippen molar-refractivity contribution >= 4 is 11.9 Å². The van der Waals surface area contributed by atoms with E-state index in [0.29, 0.717) is 18.8 Å². The lowest BCUT2D eigenvalue weighted by molar-refractivity contribution is -0.189. The summed E-state index contributed by atoms with van der Waals surface area (Å²) in [5.41, 5.74) is -1.06. The maximum atomic E-state index is 13.3. The van der Waals surface area contributed by atoms with Gasteiger partial charge < -0.3 is 9.47 Å². The van der Waals surface area contributed by atoms with E-state index < -0.39 is 16.4 Å². The summed E-state index contributed by atoms with van der Waals surface area (Å²) in [5.74, 6) is -0.209. The number of hydrogen-bond acceptors (Lipinski definition) is 4. The molecule has 4 rings (SSSR count). The van der Waals surface area contributed by atoms with E-state index in [1.54, 1.807) is 0 Å². The Labute approximate surface area is 161 Å². The normalized spacial score (nSPS) is 39.7. The molecule has 0 amide bonds. The number of rotatable bonds is 5. The first-order valence-electron chi connectivity index (χ1n) is 10.1. The van der Waals surface area contributed by atoms with Crippen molar-refractivity contribution in [3.05, 3.63) is 35.9 Å². The summed E-state index contributed by atoms with van der Waals surface area (Å²) in [6.07, 6.45) is 2.82. The molecule has 1 aromatic rings. The molecule has 146 valence electrons. The Balaban J connectivity index is 1.55. The summed E-state index contributed by atoms with van der Waals surface area (Å²) in [7, 11) is 0. The van der Waals surface area contributed by atoms with Crippen LogP contribution in [0, 0.1) is 16.2 Å². The van der Waals surface area contributed by atoms with E-state index in [4.69, 9.17) is 9.47 Å². The molecule has 0 spiro atoms. The summed E-state index contributed by atoms with van der Waals surface area (Å²) in [6, 6.07) is 10.4. The molecule has 0 aromatic heterocycles. The lowest BCUT2D eigenvalue weighted by Crippen LogP contribution is -2.50. The molecule has 2 saturated carbocycles. The maximum Gasteiger partial charge on any atom is 0.351 e. The number of fused-ring (bicyclic) bond motifs is 2. The number of carbonyl (C=O) groups is 2. The summed E-state index contributed by atoms with van der Waals surface area (Å²) in [4.78, 5) is 25.8. The summed E-state index contributed by atoms with van der Waals surface area (Å²) < 4.78 is 11.8. The monoisotopic (exact) mass is 370 g/mol. The van der Waals surface area contributed by atoms with Crippen molar-refractivity contribution in [1.29, 1.82) is 0 Å². The van der Waals surface area contributed by atoms with Crippen molar-refractivity contribution < 1.29 is 19.1 Å². The average molecular weight is 370 g/mol. The van der Waals surface area contributed by atoms with Gasteiger partial charge in [-0.3, -0.25) is 4.79 Å². The number of carbonyl (C=O) groups excluding carboxylic acids is 2. The minimum atomic E-state index is -1.14. The quantitative estimate of drug-likeness (QED) is 0.710. The van der Waals surface area contributed by atoms with Crippen molar-refractivity contribution in [3.8, 4) is 0 Å². The third-order valence-electron chi connectivity index (χ3n) is 8.25. The smallest absolute Gasteiger partial charge is 0.351 e. The van der Waals surface area contributed by atoms with Gasteiger partial charge in [0.2, 0.25) is 5.60 Å². The molecule has 3 fully saturated rings. The van der Waals surface area contributed by atoms with E-state index in [2.05, 4.69) is 38.1 Å². The van der Waals surface area contributed by atoms with Crippen LogP contribution in [0.4, 0.5) is 0 Å². The van der Waals surface area contributed by atoms with Gasteiger partial charge in [0.25, 0.3) is 0 Å². The zero-order chi connectivity index (χ0) is 19.7. The Bertz CT molecular complexity index is 785. The second-order valence-electron chi connectivity index (χ2n) is 9.65. The van der Waals surface area contributed by atoms with Gasteiger partial charge in [0.15, 0.2) is 0 Å². The third-order valence-corrected chi connectivity index (χ3v) is 8.25. The van der Waals surface area contributed by atoms with Crippen LogP contribution in [0.5, 0.6) is 0 Å². The first-order chi connectivity index (χ1) is 12.6. The minimum absolute atomic E-state index is 0.0585. The first kappa shape index (κ1) is 18.5. The van der Waals surface area contributed by atoms with Crippen molar-refractivity contribution in [1.82, 2.24) is 0 Å². The number of benzene rings is 1. The fraction of sp³-hybridized carbons (Fsp3) is 0.652. The van der Waals surface area contributed by atoms with E-state index in [9.17, 15) is 9.59 Å². The SMILES string of the molecule is CC[C@H](OC(=O)[C@@]12CC[C@@](C)(C(=O)O1)C2(C)C)[C@@]1(C)C[C@@H]1c1ccccc1. The first-order valence-corrected chi connectivity index (χ1v) is 10.1. The molecular formula is C23H30O4. The fourth-order valence-corrected chi connectivity index (χ4v) is 5.53. The minimum Gasteiger partial charge on any atom is -0.459 e. The molecule has 1 aliphatic heterocycles. The largest absolute Gasteiger partial charge is 0.459 e. The molecule has 1 saturated heterocycles. The van der Waals surface area contributed by atoms with Crippen molar-refractivity contribution in [2.24, 2.45) is 16.2 Å². The van der Waals surface area contributed by atoms with Crippen molar-refractivity contribution in [2.45, 2.75) is 77.9 Å². The molecule has 0 unspecified atom stereocenters. The predicted octanol–water partition coefficient (Wildman–Crippen LogP) is 4.62. The lowest BCUT2D eigenvalue weighted by Gasteiger charge is -2.36. The second-order valence-corrected chi connectivity index (χ2v) is 9.65. The van der Waals surface area contributed by atoms with Gasteiger partial charge in [-0.2, -0.15) is 0 Å². The molecule has 1 heterocycles. The van der Waals surface area contributed by atoms with E-state index in [1.807, 2.05) is 26.8 Å². The molecule has 4 nitrogen and oxygen atoms in total. The summed E-state index contributed by atoms with van der Waals surface area (Å²) in [5, 5.41) is 0. The molecule has 4 heteroatoms. The van der Waals surface area contributed by atoms with Gasteiger partial charge >= 0.3 is 11.9 Å². The van der Waals surface area contributed by atoms with Crippen LogP contribution in [0.1, 0.15) is 71.8 Å². The standard InChI is InChI=1S/C23H30O4/c1-6-17(21(4)14-16(21)15-10-8-7-9-11-15)26-19(25)23-13-12-22(5,18(24)27-23)20(23,2)3/h7-11,16-17H,6,12-14H2,1-5H3/t16-,17+,21+,22+,23-/m1/s1. The van der Waals surface area contributed by atoms with E-state index in [1.165, 1.54) is 5.56 Å². The molecule has 1 aromatic carbocycles. The number of hydrogen-bond donors (Lipinski definition) is 0. The Hall–Kier alpha value is -1.84. The van der Waals surface area contributed by atoms with Crippen LogP contribution < -0.4 is 0 Å². The van der Waals surface area contributed by atoms with Crippen LogP contribution in [0.3, 0.4) is 0 Å². The summed E-state index contributed by atoms with van der Waals surface area (Å²) >= 11 is 0. The molecule has 0 N–H and O–H groups in total. The zero-order valence-electron chi connectivity index (χ0n) is 17.0. The third kappa shape index (κ3) is 2.22. The van der Waals surface area contributed by atoms with E-state index in [-0.39, 0.29) is 23.5 Å². The van der Waals surface area contributed by atoms with Gasteiger partial charge in [-0.15, -0.1) is 0 Å². The molecule has 2 aliphatic carbocycles. The van der Waals surface area contributed by atoms with Crippen molar-refractivity contribution in [3.63, 3.8) is 0 Å². The average Bonchev–Trinajstić information content (AvgIpc) is 3.25. The van der Waals surface area contributed by atoms with E-state index in [0.717, 1.165) is 12.8 Å². The Morgan fingerprint density at radius 3 is 2.37 bits per heavy atom. The van der Waals surface area contributed by atoms with Gasteiger partial charge in [0.05, 0.1) is 5.41 Å². The fourth-order valence-electron chi connectivity index (χ4n) is 5.53. The van der Waals surface area contributed by atoms with Crippen LogP contribution in [0.15, 0.2) is 30.3 Å². The number of esters is 2. The summed E-state index contributed by atoms with van der Waals surface area (Å²) in [6.45, 7) is 10.1. The maximum absolute atomic E-state index is 13.3. The molecule has 3 aliphatic rings. The predicted molar refractivity (Wildman–Crippen MR) is 102 cm³/mol. The molecule has 0 radical (unpaired) electrons. The van der Waals surface area contributed by atoms with Crippen LogP contribution in [0.2, 0.25) is 0 Å². The van der Waals surface area contributed by atoms with Gasteiger partial charge in [0.1, 0.15) is 6.10 Å². The van der Waals surface area contributed by atoms with Crippen LogP contribution in [0.25, 0.3) is 0 Å². The van der Waals surface area contributed by atoms with Crippen LogP contribution in [-0.4, -0.2) is 23.6 Å². The van der Waals surface area contributed by atoms with Crippen LogP contribution in [-0.2, 0) is 19.1 Å². The molecule has 27 heavy (non-hydrogen) atoms.